The fourth-order valence-corrected chi connectivity index (χ4v) is 7.06. The van der Waals surface area contributed by atoms with Crippen molar-refractivity contribution in [2.45, 2.75) is 232 Å². The highest BCUT2D eigenvalue weighted by molar-refractivity contribution is 5.78. The van der Waals surface area contributed by atoms with Crippen LogP contribution >= 0.6 is 0 Å². The van der Waals surface area contributed by atoms with Crippen molar-refractivity contribution in [2.24, 2.45) is 0 Å². The van der Waals surface area contributed by atoms with E-state index in [2.05, 4.69) is 36.0 Å². The molecule has 266 valence electrons. The van der Waals surface area contributed by atoms with Crippen molar-refractivity contribution in [3.05, 3.63) is 0 Å². The highest BCUT2D eigenvalue weighted by Crippen LogP contribution is 2.15. The zero-order valence-corrected chi connectivity index (χ0v) is 31.2. The third-order valence-electron chi connectivity index (χ3n) is 10.2. The number of nitrogens with one attached hydrogen (secondary N) is 2. The van der Waals surface area contributed by atoms with E-state index in [1.807, 2.05) is 0 Å². The van der Waals surface area contributed by atoms with Crippen molar-refractivity contribution in [3.63, 3.8) is 0 Å². The molecule has 0 bridgehead atoms. The number of amides is 1. The molecule has 4 heteroatoms. The van der Waals surface area contributed by atoms with Gasteiger partial charge in [-0.3, -0.25) is 14.7 Å². The first-order valence-electron chi connectivity index (χ1n) is 20.8. The highest BCUT2D eigenvalue weighted by Gasteiger charge is 2.24. The molecule has 1 rings (SSSR count). The van der Waals surface area contributed by atoms with Crippen LogP contribution in [0.5, 0.6) is 0 Å². The van der Waals surface area contributed by atoms with Crippen molar-refractivity contribution in [2.75, 3.05) is 19.6 Å². The van der Waals surface area contributed by atoms with Gasteiger partial charge in [0.15, 0.2) is 0 Å². The highest BCUT2D eigenvalue weighted by atomic mass is 16.1. The summed E-state index contributed by atoms with van der Waals surface area (Å²) in [7, 11) is 0. The molecule has 45 heavy (non-hydrogen) atoms. The first-order chi connectivity index (χ1) is 22.2. The Labute approximate surface area is 283 Å². The smallest absolute Gasteiger partial charge is 0.245 e. The van der Waals surface area contributed by atoms with Gasteiger partial charge in [0.05, 0.1) is 6.54 Å². The molecule has 0 spiro atoms. The van der Waals surface area contributed by atoms with Crippen LogP contribution in [0.2, 0.25) is 0 Å². The zero-order chi connectivity index (χ0) is 32.5. The number of carbonyl (C=O) groups is 1. The number of hydrogen-bond acceptors (Lipinski definition) is 2. The molecule has 0 aliphatic carbocycles. The van der Waals surface area contributed by atoms with Gasteiger partial charge in [-0.2, -0.15) is 0 Å². The summed E-state index contributed by atoms with van der Waals surface area (Å²) < 4.78 is 2.51. The van der Waals surface area contributed by atoms with Gasteiger partial charge < -0.3 is 5.32 Å². The lowest BCUT2D eigenvalue weighted by Gasteiger charge is -2.14. The minimum atomic E-state index is 0.243. The maximum absolute atomic E-state index is 12.5. The molecular formula is C41H82N3O+. The van der Waals surface area contributed by atoms with Crippen molar-refractivity contribution >= 4 is 11.7 Å². The third-order valence-corrected chi connectivity index (χ3v) is 10.2. The largest absolute Gasteiger partial charge is 0.352 e. The summed E-state index contributed by atoms with van der Waals surface area (Å²) in [6, 6.07) is 0.372. The van der Waals surface area contributed by atoms with Gasteiger partial charge in [0.1, 0.15) is 19.1 Å². The standard InChI is InChI=1S/C41H81N3O/c1-4-6-8-10-12-14-16-18-20-22-24-26-28-30-32-34-40-42-36-37-44(40)39(3)38-43-41(45)35-33-31-29-27-25-23-21-19-17-15-13-11-9-7-5-2/h39H,4-38H2,1-3H3,(H,43,45)/p+1. The molecule has 0 saturated carbocycles. The molecule has 1 aliphatic heterocycles. The van der Waals surface area contributed by atoms with Gasteiger partial charge in [-0.25, -0.2) is 0 Å². The van der Waals surface area contributed by atoms with E-state index in [0.29, 0.717) is 12.5 Å². The monoisotopic (exact) mass is 633 g/mol. The molecule has 2 N–H and O–H groups in total. The van der Waals surface area contributed by atoms with Crippen molar-refractivity contribution in [1.82, 2.24) is 10.6 Å². The van der Waals surface area contributed by atoms with Gasteiger partial charge in [0.2, 0.25) is 11.7 Å². The molecule has 0 fully saturated rings. The third kappa shape index (κ3) is 26.7. The molecule has 0 saturated heterocycles. The molecule has 4 nitrogen and oxygen atoms in total. The van der Waals surface area contributed by atoms with Crippen LogP contribution in [-0.4, -0.2) is 42.0 Å². The van der Waals surface area contributed by atoms with E-state index in [1.54, 1.807) is 0 Å². The van der Waals surface area contributed by atoms with E-state index < -0.39 is 0 Å². The van der Waals surface area contributed by atoms with Gasteiger partial charge in [-0.05, 0) is 19.8 Å². The van der Waals surface area contributed by atoms with Gasteiger partial charge in [-0.15, -0.1) is 0 Å². The first kappa shape index (κ1) is 42.0. The molecule has 1 aliphatic rings. The van der Waals surface area contributed by atoms with E-state index in [1.165, 1.54) is 192 Å². The SMILES string of the molecule is CCCCCCCCCCCCCCCCCC(=O)NCC(C)[N+]1=C(CCCCCCCCCCCCCCCCC)NCC1. The molecule has 1 amide bonds. The minimum Gasteiger partial charge on any atom is -0.352 e. The van der Waals surface area contributed by atoms with Gasteiger partial charge in [-0.1, -0.05) is 194 Å². The second-order valence-corrected chi connectivity index (χ2v) is 14.6. The predicted octanol–water partition coefficient (Wildman–Crippen LogP) is 12.0. The number of amidine groups is 1. The van der Waals surface area contributed by atoms with Crippen LogP contribution in [0.25, 0.3) is 0 Å². The second-order valence-electron chi connectivity index (χ2n) is 14.6. The predicted molar refractivity (Wildman–Crippen MR) is 200 cm³/mol. The molecule has 0 radical (unpaired) electrons. The van der Waals surface area contributed by atoms with Crippen molar-refractivity contribution in [3.8, 4) is 0 Å². The fourth-order valence-electron chi connectivity index (χ4n) is 7.06. The normalized spacial score (nSPS) is 13.8. The average Bonchev–Trinajstić information content (AvgIpc) is 3.52. The average molecular weight is 633 g/mol. The van der Waals surface area contributed by atoms with Crippen molar-refractivity contribution < 1.29 is 9.37 Å². The fraction of sp³-hybridized carbons (Fsp3) is 0.951. The molecule has 0 aromatic rings. The Hall–Kier alpha value is -1.06. The van der Waals surface area contributed by atoms with Crippen LogP contribution in [0.3, 0.4) is 0 Å². The van der Waals surface area contributed by atoms with E-state index in [-0.39, 0.29) is 5.91 Å². The lowest BCUT2D eigenvalue weighted by molar-refractivity contribution is -0.552. The second kappa shape index (κ2) is 32.9. The van der Waals surface area contributed by atoms with E-state index in [9.17, 15) is 4.79 Å². The van der Waals surface area contributed by atoms with E-state index in [4.69, 9.17) is 0 Å². The van der Waals surface area contributed by atoms with Gasteiger partial charge >= 0.3 is 0 Å². The lowest BCUT2D eigenvalue weighted by atomic mass is 10.0. The topological polar surface area (TPSA) is 44.1 Å². The van der Waals surface area contributed by atoms with E-state index >= 15 is 0 Å². The number of nitrogens with zero attached hydrogens (tertiary/aromatic N) is 1. The van der Waals surface area contributed by atoms with Crippen LogP contribution in [-0.2, 0) is 4.79 Å². The Kier molecular flexibility index (Phi) is 30.6. The zero-order valence-electron chi connectivity index (χ0n) is 31.2. The number of unbranched alkanes of at least 4 members (excludes halogenated alkanes) is 28. The maximum atomic E-state index is 12.5. The molecule has 1 heterocycles. The van der Waals surface area contributed by atoms with E-state index in [0.717, 1.165) is 32.5 Å². The van der Waals surface area contributed by atoms with Gasteiger partial charge in [0.25, 0.3) is 0 Å². The molecule has 1 unspecified atom stereocenters. The van der Waals surface area contributed by atoms with Crippen LogP contribution < -0.4 is 10.6 Å². The Morgan fingerprint density at radius 3 is 1.33 bits per heavy atom. The quantitative estimate of drug-likeness (QED) is 0.0539. The molecule has 1 atom stereocenters. The maximum Gasteiger partial charge on any atom is 0.245 e. The first-order valence-corrected chi connectivity index (χ1v) is 20.8. The summed E-state index contributed by atoms with van der Waals surface area (Å²) >= 11 is 0. The summed E-state index contributed by atoms with van der Waals surface area (Å²) in [5, 5.41) is 6.87. The summed E-state index contributed by atoms with van der Waals surface area (Å²) in [6.07, 6.45) is 43.6. The van der Waals surface area contributed by atoms with Crippen LogP contribution in [0.1, 0.15) is 226 Å². The number of rotatable bonds is 35. The van der Waals surface area contributed by atoms with Crippen LogP contribution in [0.4, 0.5) is 0 Å². The summed E-state index contributed by atoms with van der Waals surface area (Å²) in [5.74, 6) is 1.65. The molecule has 0 aromatic carbocycles. The van der Waals surface area contributed by atoms with Gasteiger partial charge in [0, 0.05) is 12.8 Å². The molecule has 0 aromatic heterocycles. The Morgan fingerprint density at radius 2 is 0.933 bits per heavy atom. The summed E-state index contributed by atoms with van der Waals surface area (Å²) in [6.45, 7) is 9.75. The molecular weight excluding hydrogens is 550 g/mol. The number of hydrogen-bond donors (Lipinski definition) is 2. The summed E-state index contributed by atoms with van der Waals surface area (Å²) in [4.78, 5) is 12.5. The van der Waals surface area contributed by atoms with Crippen LogP contribution in [0.15, 0.2) is 0 Å². The Morgan fingerprint density at radius 1 is 0.578 bits per heavy atom. The number of carbonyl (C=O) groups excluding carboxylic acids is 1. The van der Waals surface area contributed by atoms with Crippen molar-refractivity contribution in [1.29, 1.82) is 0 Å². The summed E-state index contributed by atoms with van der Waals surface area (Å²) in [5.41, 5.74) is 0. The Balaban J connectivity index is 1.94. The minimum absolute atomic E-state index is 0.243. The van der Waals surface area contributed by atoms with Crippen LogP contribution in [0, 0.1) is 0 Å². The lowest BCUT2D eigenvalue weighted by Crippen LogP contribution is -2.39. The Bertz CT molecular complexity index is 676.